The summed E-state index contributed by atoms with van der Waals surface area (Å²) < 4.78 is 0. The van der Waals surface area contributed by atoms with Gasteiger partial charge in [-0.15, -0.1) is 10.2 Å². The van der Waals surface area contributed by atoms with Gasteiger partial charge in [0.1, 0.15) is 10.0 Å². The van der Waals surface area contributed by atoms with Crippen molar-refractivity contribution in [2.24, 2.45) is 0 Å². The van der Waals surface area contributed by atoms with Gasteiger partial charge in [0.25, 0.3) is 0 Å². The molecule has 0 N–H and O–H groups in total. The van der Waals surface area contributed by atoms with E-state index in [1.54, 1.807) is 11.3 Å². The zero-order chi connectivity index (χ0) is 11.1. The Morgan fingerprint density at radius 2 is 1.73 bits per heavy atom. The molecule has 0 amide bonds. The number of aryl methyl sites for hydroxylation is 1. The SMILES string of the molecule is CC.CCc1nnc(-c2ccccc2)s1. The van der Waals surface area contributed by atoms with E-state index in [9.17, 15) is 0 Å². The fraction of sp³-hybridized carbons (Fsp3) is 0.333. The summed E-state index contributed by atoms with van der Waals surface area (Å²) in [7, 11) is 0. The van der Waals surface area contributed by atoms with Crippen LogP contribution in [0.3, 0.4) is 0 Å². The highest BCUT2D eigenvalue weighted by molar-refractivity contribution is 7.14. The van der Waals surface area contributed by atoms with Crippen LogP contribution in [0.1, 0.15) is 25.8 Å². The topological polar surface area (TPSA) is 25.8 Å². The molecule has 0 atom stereocenters. The molecule has 0 radical (unpaired) electrons. The first-order valence-corrected chi connectivity index (χ1v) is 6.09. The first-order valence-electron chi connectivity index (χ1n) is 5.28. The summed E-state index contributed by atoms with van der Waals surface area (Å²) in [5, 5.41) is 10.3. The molecule has 0 unspecified atom stereocenters. The Morgan fingerprint density at radius 1 is 1.07 bits per heavy atom. The highest BCUT2D eigenvalue weighted by Crippen LogP contribution is 2.22. The second-order valence-electron chi connectivity index (χ2n) is 2.72. The molecule has 3 heteroatoms. The zero-order valence-electron chi connectivity index (χ0n) is 9.40. The number of nitrogens with zero attached hydrogens (tertiary/aromatic N) is 2. The van der Waals surface area contributed by atoms with Gasteiger partial charge >= 0.3 is 0 Å². The Morgan fingerprint density at radius 3 is 2.27 bits per heavy atom. The minimum Gasteiger partial charge on any atom is -0.143 e. The molecule has 2 nitrogen and oxygen atoms in total. The van der Waals surface area contributed by atoms with Crippen molar-refractivity contribution in [3.05, 3.63) is 35.3 Å². The first-order chi connectivity index (χ1) is 7.40. The number of benzene rings is 1. The Labute approximate surface area is 95.0 Å². The molecule has 0 saturated carbocycles. The van der Waals surface area contributed by atoms with Crippen LogP contribution in [0.15, 0.2) is 30.3 Å². The van der Waals surface area contributed by atoms with E-state index in [1.165, 1.54) is 0 Å². The lowest BCUT2D eigenvalue weighted by molar-refractivity contribution is 0.986. The predicted octanol–water partition coefficient (Wildman–Crippen LogP) is 3.79. The normalized spacial score (nSPS) is 9.27. The van der Waals surface area contributed by atoms with Gasteiger partial charge in [-0.1, -0.05) is 62.4 Å². The fourth-order valence-corrected chi connectivity index (χ4v) is 1.88. The van der Waals surface area contributed by atoms with Gasteiger partial charge in [-0.05, 0) is 6.42 Å². The molecule has 0 aliphatic carbocycles. The monoisotopic (exact) mass is 220 g/mol. The van der Waals surface area contributed by atoms with Crippen LogP contribution in [0.2, 0.25) is 0 Å². The third-order valence-electron chi connectivity index (χ3n) is 1.79. The zero-order valence-corrected chi connectivity index (χ0v) is 10.2. The molecule has 0 fully saturated rings. The summed E-state index contributed by atoms with van der Waals surface area (Å²) in [5.41, 5.74) is 1.15. The molecular weight excluding hydrogens is 204 g/mol. The Hall–Kier alpha value is -1.22. The van der Waals surface area contributed by atoms with Crippen LogP contribution >= 0.6 is 11.3 Å². The van der Waals surface area contributed by atoms with E-state index in [1.807, 2.05) is 32.0 Å². The maximum Gasteiger partial charge on any atom is 0.147 e. The molecule has 0 bridgehead atoms. The minimum atomic E-state index is 0.963. The van der Waals surface area contributed by atoms with Gasteiger partial charge in [0, 0.05) is 5.56 Å². The first kappa shape index (κ1) is 11.9. The van der Waals surface area contributed by atoms with Gasteiger partial charge < -0.3 is 0 Å². The largest absolute Gasteiger partial charge is 0.147 e. The Bertz CT molecular complexity index is 382. The third-order valence-corrected chi connectivity index (χ3v) is 2.91. The van der Waals surface area contributed by atoms with Crippen LogP contribution < -0.4 is 0 Å². The van der Waals surface area contributed by atoms with E-state index >= 15 is 0 Å². The van der Waals surface area contributed by atoms with Crippen molar-refractivity contribution >= 4 is 11.3 Å². The quantitative estimate of drug-likeness (QED) is 0.769. The smallest absolute Gasteiger partial charge is 0.143 e. The van der Waals surface area contributed by atoms with Gasteiger partial charge in [-0.3, -0.25) is 0 Å². The summed E-state index contributed by atoms with van der Waals surface area (Å²) in [6, 6.07) is 10.1. The second kappa shape index (κ2) is 6.30. The average Bonchev–Trinajstić information content (AvgIpc) is 2.81. The maximum absolute atomic E-state index is 4.13. The van der Waals surface area contributed by atoms with Gasteiger partial charge in [0.05, 0.1) is 0 Å². The lowest BCUT2D eigenvalue weighted by Crippen LogP contribution is -1.76. The standard InChI is InChI=1S/C10H10N2S.C2H6/c1-2-9-11-12-10(13-9)8-6-4-3-5-7-8;1-2/h3-7H,2H2,1H3;1-2H3. The van der Waals surface area contributed by atoms with E-state index in [4.69, 9.17) is 0 Å². The molecule has 0 aliphatic rings. The molecule has 80 valence electrons. The van der Waals surface area contributed by atoms with Crippen LogP contribution in [0.25, 0.3) is 10.6 Å². The number of hydrogen-bond donors (Lipinski definition) is 0. The highest BCUT2D eigenvalue weighted by atomic mass is 32.1. The van der Waals surface area contributed by atoms with E-state index in [0.717, 1.165) is 22.0 Å². The van der Waals surface area contributed by atoms with Crippen molar-refractivity contribution in [1.29, 1.82) is 0 Å². The van der Waals surface area contributed by atoms with Crippen molar-refractivity contribution in [1.82, 2.24) is 10.2 Å². The third kappa shape index (κ3) is 3.13. The maximum atomic E-state index is 4.13. The molecule has 0 spiro atoms. The minimum absolute atomic E-state index is 0.963. The van der Waals surface area contributed by atoms with Crippen LogP contribution in [-0.2, 0) is 6.42 Å². The van der Waals surface area contributed by atoms with Crippen LogP contribution in [0.4, 0.5) is 0 Å². The van der Waals surface area contributed by atoms with Crippen molar-refractivity contribution in [2.75, 3.05) is 0 Å². The fourth-order valence-electron chi connectivity index (χ4n) is 1.09. The summed E-state index contributed by atoms with van der Waals surface area (Å²) in [6.07, 6.45) is 0.963. The summed E-state index contributed by atoms with van der Waals surface area (Å²) in [5.74, 6) is 0. The summed E-state index contributed by atoms with van der Waals surface area (Å²) >= 11 is 1.66. The van der Waals surface area contributed by atoms with Gasteiger partial charge in [0.2, 0.25) is 0 Å². The molecule has 1 aromatic heterocycles. The van der Waals surface area contributed by atoms with Crippen molar-refractivity contribution in [3.63, 3.8) is 0 Å². The van der Waals surface area contributed by atoms with Gasteiger partial charge in [0.15, 0.2) is 0 Å². The Kier molecular flexibility index (Phi) is 4.98. The van der Waals surface area contributed by atoms with Gasteiger partial charge in [-0.2, -0.15) is 0 Å². The van der Waals surface area contributed by atoms with E-state index in [0.29, 0.717) is 0 Å². The van der Waals surface area contributed by atoms with E-state index in [-0.39, 0.29) is 0 Å². The lowest BCUT2D eigenvalue weighted by Gasteiger charge is -1.91. The van der Waals surface area contributed by atoms with Crippen LogP contribution in [0, 0.1) is 0 Å². The highest BCUT2D eigenvalue weighted by Gasteiger charge is 2.03. The van der Waals surface area contributed by atoms with Gasteiger partial charge in [-0.25, -0.2) is 0 Å². The summed E-state index contributed by atoms with van der Waals surface area (Å²) in [4.78, 5) is 0. The number of hydrogen-bond acceptors (Lipinski definition) is 3. The van der Waals surface area contributed by atoms with Crippen molar-refractivity contribution in [2.45, 2.75) is 27.2 Å². The lowest BCUT2D eigenvalue weighted by atomic mass is 10.2. The number of aromatic nitrogens is 2. The van der Waals surface area contributed by atoms with Crippen molar-refractivity contribution in [3.8, 4) is 10.6 Å². The molecule has 0 saturated heterocycles. The molecular formula is C12H16N2S. The molecule has 15 heavy (non-hydrogen) atoms. The molecule has 2 aromatic rings. The van der Waals surface area contributed by atoms with E-state index < -0.39 is 0 Å². The average molecular weight is 220 g/mol. The van der Waals surface area contributed by atoms with Crippen molar-refractivity contribution < 1.29 is 0 Å². The molecule has 2 rings (SSSR count). The molecule has 1 aromatic carbocycles. The molecule has 1 heterocycles. The summed E-state index contributed by atoms with van der Waals surface area (Å²) in [6.45, 7) is 6.09. The van der Waals surface area contributed by atoms with Crippen LogP contribution in [0.5, 0.6) is 0 Å². The number of rotatable bonds is 2. The Balaban J connectivity index is 0.000000531. The second-order valence-corrected chi connectivity index (χ2v) is 3.78. The van der Waals surface area contributed by atoms with Crippen LogP contribution in [-0.4, -0.2) is 10.2 Å². The predicted molar refractivity (Wildman–Crippen MR) is 66.1 cm³/mol. The van der Waals surface area contributed by atoms with E-state index in [2.05, 4.69) is 29.3 Å². The molecule has 0 aliphatic heterocycles.